The molecule has 0 saturated heterocycles. The SMILES string of the molecule is Cc1ccc(S(=O)(=O)[N+]2=CC3=c4c2c(O)c(NCc2ccc(Cl)cc2)cc4=NCC3)cc1. The Kier molecular flexibility index (Phi) is 5.03. The van der Waals surface area contributed by atoms with E-state index in [1.807, 2.05) is 19.1 Å². The number of benzene rings is 3. The van der Waals surface area contributed by atoms with Gasteiger partial charge in [-0.2, -0.15) is 8.42 Å². The van der Waals surface area contributed by atoms with Crippen molar-refractivity contribution in [2.45, 2.75) is 24.8 Å². The molecule has 0 saturated carbocycles. The molecule has 0 aromatic heterocycles. The summed E-state index contributed by atoms with van der Waals surface area (Å²) in [6.45, 7) is 2.91. The second-order valence-electron chi connectivity index (χ2n) is 7.90. The molecule has 5 rings (SSSR count). The minimum Gasteiger partial charge on any atom is -0.501 e. The molecule has 6 nitrogen and oxygen atoms in total. The van der Waals surface area contributed by atoms with Crippen LogP contribution in [0.4, 0.5) is 11.4 Å². The number of aromatic hydroxyl groups is 1. The average Bonchev–Trinajstić information content (AvgIpc) is 3.19. The van der Waals surface area contributed by atoms with Gasteiger partial charge in [0.1, 0.15) is 4.90 Å². The molecule has 2 heterocycles. The molecule has 8 heteroatoms. The van der Waals surface area contributed by atoms with E-state index in [2.05, 4.69) is 10.3 Å². The maximum absolute atomic E-state index is 13.5. The minimum atomic E-state index is -3.90. The predicted molar refractivity (Wildman–Crippen MR) is 125 cm³/mol. The summed E-state index contributed by atoms with van der Waals surface area (Å²) in [6.07, 6.45) is 2.23. The van der Waals surface area contributed by atoms with E-state index >= 15 is 0 Å². The number of nitrogens with zero attached hydrogens (tertiary/aromatic N) is 2. The van der Waals surface area contributed by atoms with E-state index in [4.69, 9.17) is 11.6 Å². The standard InChI is InChI=1S/C24H20ClN3O3S/c1-15-2-8-19(9-3-15)32(30,31)28-14-17-10-11-26-20-12-21(24(29)23(28)22(17)20)27-13-16-4-6-18(25)7-5-16/h2-9,12,14H,10-11,13H2,1H3,(H,26,27)/p+1. The van der Waals surface area contributed by atoms with E-state index < -0.39 is 10.0 Å². The number of hydrogen-bond acceptors (Lipinski definition) is 5. The maximum Gasteiger partial charge on any atom is 0.400 e. The Balaban J connectivity index is 1.60. The Hall–Kier alpha value is -3.16. The zero-order chi connectivity index (χ0) is 22.5. The Morgan fingerprint density at radius 1 is 1.12 bits per heavy atom. The molecular weight excluding hydrogens is 446 g/mol. The highest BCUT2D eigenvalue weighted by Gasteiger charge is 2.39. The van der Waals surface area contributed by atoms with Gasteiger partial charge in [-0.05, 0) is 49.2 Å². The van der Waals surface area contributed by atoms with Crippen molar-refractivity contribution in [1.29, 1.82) is 0 Å². The van der Waals surface area contributed by atoms with Crippen LogP contribution in [0.2, 0.25) is 5.02 Å². The lowest BCUT2D eigenvalue weighted by Gasteiger charge is -2.11. The first-order chi connectivity index (χ1) is 15.3. The molecule has 0 spiro atoms. The molecule has 0 atom stereocenters. The Morgan fingerprint density at radius 3 is 2.56 bits per heavy atom. The Labute approximate surface area is 190 Å². The average molecular weight is 467 g/mol. The topological polar surface area (TPSA) is 81.8 Å². The summed E-state index contributed by atoms with van der Waals surface area (Å²) in [5, 5.41) is 16.4. The zero-order valence-corrected chi connectivity index (χ0v) is 18.9. The fourth-order valence-electron chi connectivity index (χ4n) is 4.01. The monoisotopic (exact) mass is 466 g/mol. The zero-order valence-electron chi connectivity index (χ0n) is 17.3. The van der Waals surface area contributed by atoms with Crippen LogP contribution in [0.5, 0.6) is 5.75 Å². The van der Waals surface area contributed by atoms with Gasteiger partial charge in [0.25, 0.3) is 5.69 Å². The minimum absolute atomic E-state index is 0.114. The van der Waals surface area contributed by atoms with Gasteiger partial charge in [-0.1, -0.05) is 45.4 Å². The summed E-state index contributed by atoms with van der Waals surface area (Å²) in [6, 6.07) is 15.8. The van der Waals surface area contributed by atoms with Crippen molar-refractivity contribution >= 4 is 44.8 Å². The summed E-state index contributed by atoms with van der Waals surface area (Å²) in [7, 11) is -3.90. The lowest BCUT2D eigenvalue weighted by atomic mass is 10.1. The van der Waals surface area contributed by atoms with Gasteiger partial charge >= 0.3 is 10.0 Å². The third-order valence-corrected chi connectivity index (χ3v) is 7.63. The van der Waals surface area contributed by atoms with Crippen molar-refractivity contribution in [3.05, 3.63) is 81.3 Å². The number of sulfonamides is 1. The van der Waals surface area contributed by atoms with Crippen molar-refractivity contribution < 1.29 is 17.5 Å². The number of hydrogen-bond donors (Lipinski definition) is 2. The van der Waals surface area contributed by atoms with Gasteiger partial charge in [0, 0.05) is 23.7 Å². The number of phenolic OH excluding ortho intramolecular Hbond substituents is 1. The van der Waals surface area contributed by atoms with Crippen LogP contribution < -0.4 is 15.9 Å². The summed E-state index contributed by atoms with van der Waals surface area (Å²) in [4.78, 5) is 4.75. The van der Waals surface area contributed by atoms with E-state index in [0.717, 1.165) is 16.7 Å². The van der Waals surface area contributed by atoms with Crippen molar-refractivity contribution in [2.75, 3.05) is 11.9 Å². The second kappa shape index (κ2) is 7.76. The van der Waals surface area contributed by atoms with Crippen LogP contribution in [0.1, 0.15) is 17.5 Å². The fraction of sp³-hybridized carbons (Fsp3) is 0.167. The van der Waals surface area contributed by atoms with Crippen LogP contribution in [0, 0.1) is 6.92 Å². The van der Waals surface area contributed by atoms with E-state index in [1.54, 1.807) is 48.7 Å². The smallest absolute Gasteiger partial charge is 0.400 e. The van der Waals surface area contributed by atoms with Gasteiger partial charge in [0.2, 0.25) is 5.75 Å². The van der Waals surface area contributed by atoms with Crippen LogP contribution >= 0.6 is 11.6 Å². The molecule has 0 radical (unpaired) electrons. The molecule has 0 fully saturated rings. The van der Waals surface area contributed by atoms with E-state index in [9.17, 15) is 13.5 Å². The van der Waals surface area contributed by atoms with Crippen LogP contribution in [-0.2, 0) is 16.6 Å². The quantitative estimate of drug-likeness (QED) is 0.446. The third kappa shape index (κ3) is 3.47. The summed E-state index contributed by atoms with van der Waals surface area (Å²) in [5.41, 5.74) is 3.49. The molecule has 162 valence electrons. The van der Waals surface area contributed by atoms with E-state index in [0.29, 0.717) is 40.8 Å². The lowest BCUT2D eigenvalue weighted by molar-refractivity contribution is -0.253. The molecule has 32 heavy (non-hydrogen) atoms. The number of halogens is 1. The maximum atomic E-state index is 13.5. The van der Waals surface area contributed by atoms with Crippen molar-refractivity contribution in [2.24, 2.45) is 4.99 Å². The van der Waals surface area contributed by atoms with E-state index in [1.165, 1.54) is 3.98 Å². The number of phenols is 1. The van der Waals surface area contributed by atoms with E-state index in [-0.39, 0.29) is 16.3 Å². The normalized spacial score (nSPS) is 14.6. The first kappa shape index (κ1) is 20.7. The number of anilines is 1. The molecule has 0 aliphatic carbocycles. The highest BCUT2D eigenvalue weighted by Crippen LogP contribution is 2.35. The van der Waals surface area contributed by atoms with Crippen LogP contribution in [0.3, 0.4) is 0 Å². The molecule has 3 aromatic carbocycles. The number of rotatable bonds is 5. The van der Waals surface area contributed by atoms with Crippen molar-refractivity contribution in [3.63, 3.8) is 0 Å². The Morgan fingerprint density at radius 2 is 1.84 bits per heavy atom. The molecule has 0 unspecified atom stereocenters. The first-order valence-electron chi connectivity index (χ1n) is 10.2. The van der Waals surface area contributed by atoms with Gasteiger partial charge in [0.15, 0.2) is 6.21 Å². The second-order valence-corrected chi connectivity index (χ2v) is 10.1. The molecular formula is C24H21ClN3O3S+. The highest BCUT2D eigenvalue weighted by molar-refractivity contribution is 7.85. The molecule has 3 aromatic rings. The third-order valence-electron chi connectivity index (χ3n) is 5.71. The van der Waals surface area contributed by atoms with Crippen LogP contribution in [-0.4, -0.2) is 30.3 Å². The largest absolute Gasteiger partial charge is 0.501 e. The van der Waals surface area contributed by atoms with Crippen molar-refractivity contribution in [1.82, 2.24) is 0 Å². The molecule has 0 amide bonds. The first-order valence-corrected chi connectivity index (χ1v) is 12.0. The molecule has 2 N–H and O–H groups in total. The highest BCUT2D eigenvalue weighted by atomic mass is 35.5. The van der Waals surface area contributed by atoms with Gasteiger partial charge in [-0.25, -0.2) is 0 Å². The fourth-order valence-corrected chi connectivity index (χ4v) is 5.52. The van der Waals surface area contributed by atoms with Gasteiger partial charge in [-0.15, -0.1) is 0 Å². The summed E-state index contributed by atoms with van der Waals surface area (Å²) < 4.78 is 28.2. The number of nitrogens with one attached hydrogen (secondary N) is 1. The van der Waals surface area contributed by atoms with Gasteiger partial charge in [0.05, 0.1) is 16.3 Å². The molecule has 2 aliphatic rings. The van der Waals surface area contributed by atoms with Gasteiger partial charge < -0.3 is 10.4 Å². The predicted octanol–water partition coefficient (Wildman–Crippen LogP) is 3.26. The van der Waals surface area contributed by atoms with Crippen LogP contribution in [0.25, 0.3) is 5.57 Å². The van der Waals surface area contributed by atoms with Gasteiger partial charge in [-0.3, -0.25) is 4.99 Å². The number of aryl methyl sites for hydroxylation is 1. The lowest BCUT2D eigenvalue weighted by Crippen LogP contribution is -2.32. The summed E-state index contributed by atoms with van der Waals surface area (Å²) in [5.74, 6) is -0.114. The summed E-state index contributed by atoms with van der Waals surface area (Å²) >= 11 is 5.95. The molecule has 2 aliphatic heterocycles. The van der Waals surface area contributed by atoms with Crippen LogP contribution in [0.15, 0.2) is 64.5 Å². The Bertz CT molecular complexity index is 1490. The van der Waals surface area contributed by atoms with Crippen molar-refractivity contribution in [3.8, 4) is 5.75 Å². The molecule has 0 bridgehead atoms.